The van der Waals surface area contributed by atoms with Gasteiger partial charge in [0.15, 0.2) is 0 Å². The van der Waals surface area contributed by atoms with Crippen LogP contribution in [0.25, 0.3) is 0 Å². The van der Waals surface area contributed by atoms with Gasteiger partial charge in [0.05, 0.1) is 19.2 Å². The number of hydrogen-bond donors (Lipinski definition) is 0. The number of rotatable bonds is 5. The van der Waals surface area contributed by atoms with Gasteiger partial charge in [-0.05, 0) is 26.3 Å². The molecule has 0 radical (unpaired) electrons. The molecule has 1 saturated heterocycles. The summed E-state index contributed by atoms with van der Waals surface area (Å²) in [6.45, 7) is 2.70. The number of hydrogen-bond acceptors (Lipinski definition) is 6. The van der Waals surface area contributed by atoms with Gasteiger partial charge in [-0.15, -0.1) is 10.2 Å². The van der Waals surface area contributed by atoms with Crippen molar-refractivity contribution >= 4 is 5.97 Å². The van der Waals surface area contributed by atoms with Crippen molar-refractivity contribution in [3.05, 3.63) is 11.8 Å². The first-order chi connectivity index (χ1) is 10.4. The van der Waals surface area contributed by atoms with Gasteiger partial charge < -0.3 is 9.15 Å². The summed E-state index contributed by atoms with van der Waals surface area (Å²) < 4.78 is 47.0. The number of ether oxygens (including phenoxy) is 1. The summed E-state index contributed by atoms with van der Waals surface area (Å²) in [7, 11) is 0. The van der Waals surface area contributed by atoms with Crippen LogP contribution in [0.4, 0.5) is 13.2 Å². The van der Waals surface area contributed by atoms with Crippen LogP contribution in [0.5, 0.6) is 0 Å². The van der Waals surface area contributed by atoms with Crippen LogP contribution in [0, 0.1) is 0 Å². The van der Waals surface area contributed by atoms with Crippen molar-refractivity contribution in [2.75, 3.05) is 19.7 Å². The van der Waals surface area contributed by atoms with Crippen LogP contribution in [0.2, 0.25) is 0 Å². The van der Waals surface area contributed by atoms with Gasteiger partial charge in [-0.3, -0.25) is 9.69 Å². The first-order valence-electron chi connectivity index (χ1n) is 7.17. The SMILES string of the molecule is CCOC(=O)CN1CCCC[C@H]1c1nnc(CC(F)(F)F)o1. The summed E-state index contributed by atoms with van der Waals surface area (Å²) in [5.74, 6) is -0.697. The summed E-state index contributed by atoms with van der Waals surface area (Å²) in [6.07, 6.45) is -3.18. The fourth-order valence-corrected chi connectivity index (χ4v) is 2.48. The van der Waals surface area contributed by atoms with E-state index >= 15 is 0 Å². The van der Waals surface area contributed by atoms with E-state index in [0.717, 1.165) is 12.8 Å². The van der Waals surface area contributed by atoms with E-state index in [1.807, 2.05) is 4.90 Å². The highest BCUT2D eigenvalue weighted by molar-refractivity contribution is 5.71. The molecule has 0 N–H and O–H groups in total. The number of halogens is 3. The van der Waals surface area contributed by atoms with Crippen LogP contribution in [0.1, 0.15) is 44.0 Å². The highest BCUT2D eigenvalue weighted by Crippen LogP contribution is 2.30. The summed E-state index contributed by atoms with van der Waals surface area (Å²) in [6, 6.07) is -0.340. The second-order valence-corrected chi connectivity index (χ2v) is 5.11. The van der Waals surface area contributed by atoms with Crippen molar-refractivity contribution in [2.24, 2.45) is 0 Å². The molecule has 1 atom stereocenters. The normalized spacial score (nSPS) is 20.1. The van der Waals surface area contributed by atoms with Gasteiger partial charge in [0.2, 0.25) is 11.8 Å². The van der Waals surface area contributed by atoms with E-state index in [1.54, 1.807) is 6.92 Å². The van der Waals surface area contributed by atoms with Gasteiger partial charge >= 0.3 is 12.1 Å². The molecule has 0 saturated carbocycles. The molecule has 9 heteroatoms. The fraction of sp³-hybridized carbons (Fsp3) is 0.769. The molecular weight excluding hydrogens is 303 g/mol. The van der Waals surface area contributed by atoms with Gasteiger partial charge in [-0.2, -0.15) is 13.2 Å². The first kappa shape index (κ1) is 16.7. The van der Waals surface area contributed by atoms with Gasteiger partial charge in [0.1, 0.15) is 6.42 Å². The zero-order valence-corrected chi connectivity index (χ0v) is 12.2. The number of likely N-dealkylation sites (tertiary alicyclic amines) is 1. The maximum Gasteiger partial charge on any atom is 0.397 e. The number of esters is 1. The number of aromatic nitrogens is 2. The Balaban J connectivity index is 2.05. The van der Waals surface area contributed by atoms with Gasteiger partial charge in [-0.25, -0.2) is 0 Å². The van der Waals surface area contributed by atoms with Gasteiger partial charge in [-0.1, -0.05) is 6.42 Å². The minimum absolute atomic E-state index is 0.0650. The third kappa shape index (κ3) is 4.69. The van der Waals surface area contributed by atoms with Crippen molar-refractivity contribution < 1.29 is 27.1 Å². The standard InChI is InChI=1S/C13H18F3N3O3/c1-2-21-11(20)8-19-6-4-3-5-9(19)12-18-17-10(22-12)7-13(14,15)16/h9H,2-8H2,1H3/t9-/m0/s1. The summed E-state index contributed by atoms with van der Waals surface area (Å²) in [4.78, 5) is 13.4. The quantitative estimate of drug-likeness (QED) is 0.775. The van der Waals surface area contributed by atoms with E-state index in [9.17, 15) is 18.0 Å². The van der Waals surface area contributed by atoms with Gasteiger partial charge in [0.25, 0.3) is 0 Å². The minimum Gasteiger partial charge on any atom is -0.465 e. The van der Waals surface area contributed by atoms with E-state index in [2.05, 4.69) is 10.2 Å². The maximum atomic E-state index is 12.3. The van der Waals surface area contributed by atoms with E-state index in [1.165, 1.54) is 0 Å². The lowest BCUT2D eigenvalue weighted by Crippen LogP contribution is -2.38. The molecule has 1 aliphatic heterocycles. The molecule has 22 heavy (non-hydrogen) atoms. The van der Waals surface area contributed by atoms with E-state index in [0.29, 0.717) is 13.0 Å². The predicted molar refractivity (Wildman–Crippen MR) is 68.9 cm³/mol. The van der Waals surface area contributed by atoms with Crippen LogP contribution in [0.15, 0.2) is 4.42 Å². The van der Waals surface area contributed by atoms with Crippen LogP contribution in [-0.4, -0.2) is 46.9 Å². The third-order valence-corrected chi connectivity index (χ3v) is 3.37. The zero-order valence-electron chi connectivity index (χ0n) is 12.2. The summed E-state index contributed by atoms with van der Waals surface area (Å²) in [5.41, 5.74) is 0. The molecule has 2 heterocycles. The Bertz CT molecular complexity index is 504. The number of alkyl halides is 3. The molecule has 0 aromatic carbocycles. The molecule has 124 valence electrons. The smallest absolute Gasteiger partial charge is 0.397 e. The van der Waals surface area contributed by atoms with Gasteiger partial charge in [0, 0.05) is 0 Å². The molecule has 0 unspecified atom stereocenters. The van der Waals surface area contributed by atoms with Crippen molar-refractivity contribution in [3.63, 3.8) is 0 Å². The monoisotopic (exact) mass is 321 g/mol. The van der Waals surface area contributed by atoms with E-state index in [4.69, 9.17) is 9.15 Å². The number of nitrogens with zero attached hydrogens (tertiary/aromatic N) is 3. The molecule has 1 aromatic rings. The van der Waals surface area contributed by atoms with E-state index in [-0.39, 0.29) is 31.1 Å². The Hall–Kier alpha value is -1.64. The topological polar surface area (TPSA) is 68.5 Å². The predicted octanol–water partition coefficient (Wildman–Crippen LogP) is 2.26. The average molecular weight is 321 g/mol. The average Bonchev–Trinajstić information content (AvgIpc) is 2.85. The highest BCUT2D eigenvalue weighted by atomic mass is 19.4. The Morgan fingerprint density at radius 3 is 2.86 bits per heavy atom. The zero-order chi connectivity index (χ0) is 16.2. The summed E-state index contributed by atoms with van der Waals surface area (Å²) in [5, 5.41) is 7.16. The Kier molecular flexibility index (Phi) is 5.38. The van der Waals surface area contributed by atoms with E-state index < -0.39 is 18.5 Å². The number of piperidine rings is 1. The largest absolute Gasteiger partial charge is 0.465 e. The minimum atomic E-state index is -4.39. The molecule has 1 fully saturated rings. The van der Waals surface area contributed by atoms with Crippen molar-refractivity contribution in [1.82, 2.24) is 15.1 Å². The van der Waals surface area contributed by atoms with Crippen molar-refractivity contribution in [1.29, 1.82) is 0 Å². The first-order valence-corrected chi connectivity index (χ1v) is 7.17. The lowest BCUT2D eigenvalue weighted by atomic mass is 10.0. The second kappa shape index (κ2) is 7.08. The molecule has 0 spiro atoms. The van der Waals surface area contributed by atoms with Crippen LogP contribution in [0.3, 0.4) is 0 Å². The second-order valence-electron chi connectivity index (χ2n) is 5.11. The number of carbonyl (C=O) groups is 1. The fourth-order valence-electron chi connectivity index (χ4n) is 2.48. The highest BCUT2D eigenvalue weighted by Gasteiger charge is 2.34. The molecule has 1 aliphatic rings. The maximum absolute atomic E-state index is 12.3. The van der Waals surface area contributed by atoms with Crippen molar-refractivity contribution in [3.8, 4) is 0 Å². The lowest BCUT2D eigenvalue weighted by molar-refractivity contribution is -0.145. The third-order valence-electron chi connectivity index (χ3n) is 3.37. The number of carbonyl (C=O) groups excluding carboxylic acids is 1. The molecule has 0 bridgehead atoms. The molecule has 1 aromatic heterocycles. The van der Waals surface area contributed by atoms with Crippen LogP contribution in [-0.2, 0) is 16.0 Å². The Morgan fingerprint density at radius 2 is 2.18 bits per heavy atom. The van der Waals surface area contributed by atoms with Crippen molar-refractivity contribution in [2.45, 2.75) is 44.8 Å². The van der Waals surface area contributed by atoms with Crippen LogP contribution >= 0.6 is 0 Å². The summed E-state index contributed by atoms with van der Waals surface area (Å²) >= 11 is 0. The lowest BCUT2D eigenvalue weighted by Gasteiger charge is -2.32. The molecule has 2 rings (SSSR count). The molecular formula is C13H18F3N3O3. The molecule has 0 aliphatic carbocycles. The van der Waals surface area contributed by atoms with Crippen LogP contribution < -0.4 is 0 Å². The molecule has 0 amide bonds. The Morgan fingerprint density at radius 1 is 1.41 bits per heavy atom. The Labute approximate surface area is 125 Å². The molecule has 6 nitrogen and oxygen atoms in total.